The number of methoxy groups -OCH3 is 1. The fraction of sp³-hybridized carbons (Fsp3) is 0.312. The molecular weight excluding hydrogens is 610 g/mol. The van der Waals surface area contributed by atoms with Gasteiger partial charge in [-0.15, -0.1) is 5.10 Å². The summed E-state index contributed by atoms with van der Waals surface area (Å²) in [6.45, 7) is 3.22. The van der Waals surface area contributed by atoms with Gasteiger partial charge in [-0.2, -0.15) is 14.9 Å². The van der Waals surface area contributed by atoms with E-state index in [0.29, 0.717) is 47.0 Å². The standard InChI is InChI=1S/C32H34ClN9O4/c1-3-31(44)41-14-4-5-21(19-41)15-27(28-17-24(18-34-38-28)22-6-10-26(11-7-22)36-32(45)46-2)37-30(43)13-8-23-16-25(33)9-12-29(23)42-20-35-39-40-42/h6-13,16-18,20-21,27H,3-5,14-15,19H2,1-2H3,(H,36,45)(H,37,43)/b13-8+. The number of amides is 3. The van der Waals surface area contributed by atoms with Gasteiger partial charge in [0.05, 0.1) is 30.7 Å². The van der Waals surface area contributed by atoms with Gasteiger partial charge in [-0.3, -0.25) is 14.9 Å². The van der Waals surface area contributed by atoms with Gasteiger partial charge in [-0.1, -0.05) is 30.7 Å². The van der Waals surface area contributed by atoms with Crippen molar-refractivity contribution >= 4 is 41.3 Å². The molecule has 2 unspecified atom stereocenters. The highest BCUT2D eigenvalue weighted by Gasteiger charge is 2.27. The minimum absolute atomic E-state index is 0.125. The van der Waals surface area contributed by atoms with Crippen LogP contribution >= 0.6 is 11.6 Å². The second-order valence-corrected chi connectivity index (χ2v) is 11.3. The molecule has 2 N–H and O–H groups in total. The number of nitrogens with one attached hydrogen (secondary N) is 2. The van der Waals surface area contributed by atoms with Crippen molar-refractivity contribution in [1.82, 2.24) is 40.6 Å². The number of benzene rings is 2. The van der Waals surface area contributed by atoms with E-state index in [1.165, 1.54) is 24.2 Å². The highest BCUT2D eigenvalue weighted by molar-refractivity contribution is 6.30. The first kappa shape index (κ1) is 32.2. The number of anilines is 1. The Morgan fingerprint density at radius 2 is 1.93 bits per heavy atom. The summed E-state index contributed by atoms with van der Waals surface area (Å²) in [6.07, 6.45) is 8.48. The Bertz CT molecular complexity index is 1700. The fourth-order valence-corrected chi connectivity index (χ4v) is 5.63. The van der Waals surface area contributed by atoms with Crippen LogP contribution in [-0.4, -0.2) is 73.4 Å². The number of carbonyl (C=O) groups excluding carboxylic acids is 3. The van der Waals surface area contributed by atoms with Crippen LogP contribution in [0.3, 0.4) is 0 Å². The largest absolute Gasteiger partial charge is 0.453 e. The maximum atomic E-state index is 13.4. The van der Waals surface area contributed by atoms with Gasteiger partial charge >= 0.3 is 6.09 Å². The summed E-state index contributed by atoms with van der Waals surface area (Å²) in [5, 5.41) is 26.3. The van der Waals surface area contributed by atoms with Gasteiger partial charge in [0, 0.05) is 47.4 Å². The molecule has 238 valence electrons. The number of carbonyl (C=O) groups is 3. The lowest BCUT2D eigenvalue weighted by Crippen LogP contribution is -2.41. The average molecular weight is 644 g/mol. The van der Waals surface area contributed by atoms with Crippen molar-refractivity contribution in [3.8, 4) is 16.8 Å². The number of rotatable bonds is 10. The number of likely N-dealkylation sites (tertiary alicyclic amines) is 1. The Hall–Kier alpha value is -5.17. The van der Waals surface area contributed by atoms with Crippen LogP contribution in [-0.2, 0) is 14.3 Å². The molecule has 1 aliphatic heterocycles. The average Bonchev–Trinajstić information content (AvgIpc) is 3.62. The van der Waals surface area contributed by atoms with Crippen LogP contribution in [0.25, 0.3) is 22.9 Å². The molecule has 14 heteroatoms. The molecule has 0 spiro atoms. The summed E-state index contributed by atoms with van der Waals surface area (Å²) in [6, 6.07) is 13.9. The molecule has 2 aromatic heterocycles. The van der Waals surface area contributed by atoms with Crippen molar-refractivity contribution < 1.29 is 19.1 Å². The summed E-state index contributed by atoms with van der Waals surface area (Å²) in [7, 11) is 1.30. The molecule has 3 amide bonds. The van der Waals surface area contributed by atoms with Crippen LogP contribution in [0.1, 0.15) is 49.9 Å². The second-order valence-electron chi connectivity index (χ2n) is 10.9. The first-order valence-corrected chi connectivity index (χ1v) is 15.3. The van der Waals surface area contributed by atoms with Crippen molar-refractivity contribution in [2.24, 2.45) is 5.92 Å². The van der Waals surface area contributed by atoms with Gasteiger partial charge in [-0.25, -0.2) is 4.79 Å². The molecule has 0 radical (unpaired) electrons. The van der Waals surface area contributed by atoms with E-state index in [2.05, 4.69) is 41.1 Å². The Kier molecular flexibility index (Phi) is 10.7. The third kappa shape index (κ3) is 8.30. The number of hydrogen-bond donors (Lipinski definition) is 2. The summed E-state index contributed by atoms with van der Waals surface area (Å²) < 4.78 is 6.15. The Morgan fingerprint density at radius 1 is 1.11 bits per heavy atom. The van der Waals surface area contributed by atoms with Crippen molar-refractivity contribution in [3.05, 3.63) is 83.4 Å². The minimum atomic E-state index is -0.558. The maximum Gasteiger partial charge on any atom is 0.411 e. The summed E-state index contributed by atoms with van der Waals surface area (Å²) in [5.41, 5.74) is 4.13. The molecule has 5 rings (SSSR count). The van der Waals surface area contributed by atoms with E-state index in [-0.39, 0.29) is 17.7 Å². The lowest BCUT2D eigenvalue weighted by atomic mass is 9.89. The van der Waals surface area contributed by atoms with Crippen LogP contribution < -0.4 is 10.6 Å². The topological polar surface area (TPSA) is 157 Å². The molecule has 1 fully saturated rings. The number of piperidine rings is 1. The van der Waals surface area contributed by atoms with Gasteiger partial charge < -0.3 is 15.0 Å². The van der Waals surface area contributed by atoms with Gasteiger partial charge in [0.1, 0.15) is 6.33 Å². The van der Waals surface area contributed by atoms with Crippen LogP contribution in [0, 0.1) is 5.92 Å². The molecule has 13 nitrogen and oxygen atoms in total. The number of hydrogen-bond acceptors (Lipinski definition) is 9. The van der Waals surface area contributed by atoms with E-state index in [1.807, 2.05) is 30.0 Å². The first-order chi connectivity index (χ1) is 22.3. The van der Waals surface area contributed by atoms with Crippen LogP contribution in [0.15, 0.2) is 67.1 Å². The highest BCUT2D eigenvalue weighted by Crippen LogP contribution is 2.30. The van der Waals surface area contributed by atoms with Crippen molar-refractivity contribution in [2.75, 3.05) is 25.5 Å². The SMILES string of the molecule is CCC(=O)N1CCCC(CC(NC(=O)/C=C/c2cc(Cl)ccc2-n2cnnn2)c2cc(-c3ccc(NC(=O)OC)cc3)cnn2)C1. The van der Waals surface area contributed by atoms with Crippen LogP contribution in [0.4, 0.5) is 10.5 Å². The predicted octanol–water partition coefficient (Wildman–Crippen LogP) is 4.86. The van der Waals surface area contributed by atoms with Gasteiger partial charge in [0.2, 0.25) is 11.8 Å². The first-order valence-electron chi connectivity index (χ1n) is 14.9. The van der Waals surface area contributed by atoms with E-state index < -0.39 is 12.1 Å². The number of nitrogens with zero attached hydrogens (tertiary/aromatic N) is 7. The van der Waals surface area contributed by atoms with Gasteiger partial charge in [0.15, 0.2) is 0 Å². The molecule has 0 bridgehead atoms. The highest BCUT2D eigenvalue weighted by atomic mass is 35.5. The molecule has 2 aromatic carbocycles. The summed E-state index contributed by atoms with van der Waals surface area (Å²) in [5.74, 6) is -0.0533. The van der Waals surface area contributed by atoms with Crippen LogP contribution in [0.2, 0.25) is 5.02 Å². The molecule has 2 atom stereocenters. The van der Waals surface area contributed by atoms with Gasteiger partial charge in [0.25, 0.3) is 0 Å². The zero-order chi connectivity index (χ0) is 32.5. The van der Waals surface area contributed by atoms with E-state index in [1.54, 1.807) is 42.6 Å². The molecular formula is C32H34ClN9O4. The van der Waals surface area contributed by atoms with E-state index in [0.717, 1.165) is 30.5 Å². The zero-order valence-corrected chi connectivity index (χ0v) is 26.2. The summed E-state index contributed by atoms with van der Waals surface area (Å²) >= 11 is 6.25. The molecule has 46 heavy (non-hydrogen) atoms. The smallest absolute Gasteiger partial charge is 0.411 e. The number of halogens is 1. The zero-order valence-electron chi connectivity index (χ0n) is 25.5. The minimum Gasteiger partial charge on any atom is -0.453 e. The Balaban J connectivity index is 1.39. The Morgan fingerprint density at radius 3 is 2.67 bits per heavy atom. The van der Waals surface area contributed by atoms with Crippen molar-refractivity contribution in [2.45, 2.75) is 38.6 Å². The molecule has 3 heterocycles. The number of tetrazole rings is 1. The molecule has 1 aliphatic rings. The van der Waals surface area contributed by atoms with E-state index in [9.17, 15) is 14.4 Å². The molecule has 0 saturated carbocycles. The van der Waals surface area contributed by atoms with Gasteiger partial charge in [-0.05, 0) is 83.6 Å². The fourth-order valence-electron chi connectivity index (χ4n) is 5.45. The van der Waals surface area contributed by atoms with Crippen molar-refractivity contribution in [3.63, 3.8) is 0 Å². The quantitative estimate of drug-likeness (QED) is 0.230. The van der Waals surface area contributed by atoms with Crippen molar-refractivity contribution in [1.29, 1.82) is 0 Å². The second kappa shape index (κ2) is 15.2. The van der Waals surface area contributed by atoms with E-state index in [4.69, 9.17) is 11.6 Å². The lowest BCUT2D eigenvalue weighted by Gasteiger charge is -2.34. The molecule has 0 aliphatic carbocycles. The monoisotopic (exact) mass is 643 g/mol. The third-order valence-electron chi connectivity index (χ3n) is 7.74. The van der Waals surface area contributed by atoms with Crippen LogP contribution in [0.5, 0.6) is 0 Å². The normalized spacial score (nSPS) is 15.4. The summed E-state index contributed by atoms with van der Waals surface area (Å²) in [4.78, 5) is 39.4. The van der Waals surface area contributed by atoms with E-state index >= 15 is 0 Å². The number of aromatic nitrogens is 6. The lowest BCUT2D eigenvalue weighted by molar-refractivity contribution is -0.132. The predicted molar refractivity (Wildman–Crippen MR) is 172 cm³/mol. The molecule has 4 aromatic rings. The third-order valence-corrected chi connectivity index (χ3v) is 7.97. The maximum absolute atomic E-state index is 13.4. The number of ether oxygens (including phenoxy) is 1. The molecule has 1 saturated heterocycles. The Labute approximate surface area is 271 Å².